The zero-order chi connectivity index (χ0) is 20.1. The Morgan fingerprint density at radius 2 is 1.75 bits per heavy atom. The second-order valence-corrected chi connectivity index (χ2v) is 7.52. The first-order valence-electron chi connectivity index (χ1n) is 9.52. The number of carbonyl (C=O) groups is 1. The van der Waals surface area contributed by atoms with Gasteiger partial charge in [-0.2, -0.15) is 0 Å². The standard InChI is InChI=1S/C22H27ClN2O3/c1-16(13-17-7-8-20(27-2)21(14-17)28-3)22(26)25-11-9-24(10-12-25)19-6-4-5-18(23)15-19/h4-8,14-16H,9-13H2,1-3H3. The molecule has 0 radical (unpaired) electrons. The van der Waals surface area contributed by atoms with Crippen LogP contribution in [-0.4, -0.2) is 51.2 Å². The van der Waals surface area contributed by atoms with E-state index < -0.39 is 0 Å². The molecule has 5 nitrogen and oxygen atoms in total. The van der Waals surface area contributed by atoms with Crippen molar-refractivity contribution in [2.75, 3.05) is 45.3 Å². The molecule has 1 saturated heterocycles. The first kappa shape index (κ1) is 20.3. The number of anilines is 1. The van der Waals surface area contributed by atoms with Gasteiger partial charge in [0.1, 0.15) is 0 Å². The normalized spacial score (nSPS) is 15.3. The van der Waals surface area contributed by atoms with Crippen LogP contribution in [0.4, 0.5) is 5.69 Å². The zero-order valence-electron chi connectivity index (χ0n) is 16.7. The minimum absolute atomic E-state index is 0.0872. The van der Waals surface area contributed by atoms with Crippen LogP contribution in [0.25, 0.3) is 0 Å². The van der Waals surface area contributed by atoms with Crippen LogP contribution in [0.1, 0.15) is 12.5 Å². The molecular weight excluding hydrogens is 376 g/mol. The number of piperazine rings is 1. The number of benzene rings is 2. The molecule has 1 aliphatic heterocycles. The first-order valence-corrected chi connectivity index (χ1v) is 9.90. The van der Waals surface area contributed by atoms with Crippen molar-refractivity contribution >= 4 is 23.2 Å². The maximum absolute atomic E-state index is 12.9. The van der Waals surface area contributed by atoms with Crippen LogP contribution in [0.3, 0.4) is 0 Å². The Balaban J connectivity index is 1.57. The maximum atomic E-state index is 12.9. The van der Waals surface area contributed by atoms with Gasteiger partial charge in [-0.15, -0.1) is 0 Å². The van der Waals surface area contributed by atoms with Gasteiger partial charge in [0.2, 0.25) is 5.91 Å². The van der Waals surface area contributed by atoms with Crippen molar-refractivity contribution in [2.24, 2.45) is 5.92 Å². The van der Waals surface area contributed by atoms with Gasteiger partial charge in [0, 0.05) is 42.8 Å². The van der Waals surface area contributed by atoms with E-state index in [9.17, 15) is 4.79 Å². The van der Waals surface area contributed by atoms with E-state index in [4.69, 9.17) is 21.1 Å². The molecule has 0 spiro atoms. The quantitative estimate of drug-likeness (QED) is 0.735. The summed E-state index contributed by atoms with van der Waals surface area (Å²) in [4.78, 5) is 17.1. The summed E-state index contributed by atoms with van der Waals surface area (Å²) in [6.07, 6.45) is 0.674. The Bertz CT molecular complexity index is 819. The molecule has 6 heteroatoms. The molecule has 1 fully saturated rings. The fourth-order valence-electron chi connectivity index (χ4n) is 3.62. The average Bonchev–Trinajstić information content (AvgIpc) is 2.73. The lowest BCUT2D eigenvalue weighted by molar-refractivity contribution is -0.135. The summed E-state index contributed by atoms with van der Waals surface area (Å²) in [5.74, 6) is 1.49. The fourth-order valence-corrected chi connectivity index (χ4v) is 3.80. The number of ether oxygens (including phenoxy) is 2. The van der Waals surface area contributed by atoms with Crippen LogP contribution >= 0.6 is 11.6 Å². The highest BCUT2D eigenvalue weighted by Crippen LogP contribution is 2.29. The molecule has 0 bridgehead atoms. The van der Waals surface area contributed by atoms with Crippen molar-refractivity contribution in [3.8, 4) is 11.5 Å². The fraction of sp³-hybridized carbons (Fsp3) is 0.409. The minimum Gasteiger partial charge on any atom is -0.493 e. The number of methoxy groups -OCH3 is 2. The van der Waals surface area contributed by atoms with Crippen molar-refractivity contribution in [3.05, 3.63) is 53.1 Å². The first-order chi connectivity index (χ1) is 13.5. The smallest absolute Gasteiger partial charge is 0.225 e. The summed E-state index contributed by atoms with van der Waals surface area (Å²) in [5.41, 5.74) is 2.18. The van der Waals surface area contributed by atoms with Gasteiger partial charge in [-0.05, 0) is 42.3 Å². The second-order valence-electron chi connectivity index (χ2n) is 7.09. The summed E-state index contributed by atoms with van der Waals surface area (Å²) >= 11 is 6.09. The molecule has 1 amide bonds. The number of halogens is 1. The van der Waals surface area contributed by atoms with Gasteiger partial charge >= 0.3 is 0 Å². The van der Waals surface area contributed by atoms with Gasteiger partial charge in [0.25, 0.3) is 0 Å². The second kappa shape index (κ2) is 9.20. The Labute approximate surface area is 171 Å². The summed E-state index contributed by atoms with van der Waals surface area (Å²) in [5, 5.41) is 0.736. The molecule has 3 rings (SSSR count). The van der Waals surface area contributed by atoms with Gasteiger partial charge in [0.05, 0.1) is 14.2 Å². The number of carbonyl (C=O) groups excluding carboxylic acids is 1. The molecule has 2 aromatic rings. The molecule has 28 heavy (non-hydrogen) atoms. The summed E-state index contributed by atoms with van der Waals surface area (Å²) in [6.45, 7) is 5.07. The van der Waals surface area contributed by atoms with Crippen molar-refractivity contribution in [3.63, 3.8) is 0 Å². The van der Waals surface area contributed by atoms with Gasteiger partial charge in [-0.25, -0.2) is 0 Å². The van der Waals surface area contributed by atoms with Crippen LogP contribution < -0.4 is 14.4 Å². The number of amides is 1. The molecule has 1 unspecified atom stereocenters. The van der Waals surface area contributed by atoms with E-state index in [0.29, 0.717) is 17.9 Å². The lowest BCUT2D eigenvalue weighted by Crippen LogP contribution is -2.50. The molecule has 1 heterocycles. The predicted octanol–water partition coefficient (Wildman–Crippen LogP) is 3.88. The van der Waals surface area contributed by atoms with E-state index in [2.05, 4.69) is 11.0 Å². The number of nitrogens with zero attached hydrogens (tertiary/aromatic N) is 2. The highest BCUT2D eigenvalue weighted by molar-refractivity contribution is 6.30. The molecule has 1 atom stereocenters. The Hall–Kier alpha value is -2.40. The number of hydrogen-bond acceptors (Lipinski definition) is 4. The van der Waals surface area contributed by atoms with E-state index in [1.54, 1.807) is 14.2 Å². The summed E-state index contributed by atoms with van der Waals surface area (Å²) in [6, 6.07) is 13.7. The molecule has 0 saturated carbocycles. The van der Waals surface area contributed by atoms with Crippen LogP contribution in [0, 0.1) is 5.92 Å². The highest BCUT2D eigenvalue weighted by Gasteiger charge is 2.25. The molecular formula is C22H27ClN2O3. The summed E-state index contributed by atoms with van der Waals surface area (Å²) in [7, 11) is 3.24. The average molecular weight is 403 g/mol. The van der Waals surface area contributed by atoms with Crippen LogP contribution in [0.5, 0.6) is 11.5 Å². The third-order valence-corrected chi connectivity index (χ3v) is 5.41. The molecule has 0 aromatic heterocycles. The van der Waals surface area contributed by atoms with Gasteiger partial charge in [-0.3, -0.25) is 4.79 Å². The van der Waals surface area contributed by atoms with E-state index >= 15 is 0 Å². The van der Waals surface area contributed by atoms with Crippen molar-refractivity contribution in [1.82, 2.24) is 4.90 Å². The lowest BCUT2D eigenvalue weighted by atomic mass is 9.99. The minimum atomic E-state index is -0.0872. The number of rotatable bonds is 6. The topological polar surface area (TPSA) is 42.0 Å². The Morgan fingerprint density at radius 1 is 1.04 bits per heavy atom. The SMILES string of the molecule is COc1ccc(CC(C)C(=O)N2CCN(c3cccc(Cl)c3)CC2)cc1OC. The van der Waals surface area contributed by atoms with Gasteiger partial charge in [0.15, 0.2) is 11.5 Å². The highest BCUT2D eigenvalue weighted by atomic mass is 35.5. The van der Waals surface area contributed by atoms with Crippen LogP contribution in [0.15, 0.2) is 42.5 Å². The predicted molar refractivity (Wildman–Crippen MR) is 113 cm³/mol. The van der Waals surface area contributed by atoms with Crippen LogP contribution in [-0.2, 0) is 11.2 Å². The Morgan fingerprint density at radius 3 is 2.39 bits per heavy atom. The zero-order valence-corrected chi connectivity index (χ0v) is 17.4. The van der Waals surface area contributed by atoms with Crippen molar-refractivity contribution in [2.45, 2.75) is 13.3 Å². The van der Waals surface area contributed by atoms with E-state index in [1.165, 1.54) is 0 Å². The monoisotopic (exact) mass is 402 g/mol. The number of hydrogen-bond donors (Lipinski definition) is 0. The molecule has 0 N–H and O–H groups in total. The van der Waals surface area contributed by atoms with Gasteiger partial charge in [-0.1, -0.05) is 30.7 Å². The summed E-state index contributed by atoms with van der Waals surface area (Å²) < 4.78 is 10.6. The molecule has 150 valence electrons. The van der Waals surface area contributed by atoms with E-state index in [-0.39, 0.29) is 11.8 Å². The van der Waals surface area contributed by atoms with Crippen molar-refractivity contribution < 1.29 is 14.3 Å². The molecule has 1 aliphatic rings. The molecule has 0 aliphatic carbocycles. The van der Waals surface area contributed by atoms with E-state index in [0.717, 1.165) is 42.5 Å². The van der Waals surface area contributed by atoms with E-state index in [1.807, 2.05) is 48.2 Å². The third-order valence-electron chi connectivity index (χ3n) is 5.18. The molecule has 2 aromatic carbocycles. The lowest BCUT2D eigenvalue weighted by Gasteiger charge is -2.37. The van der Waals surface area contributed by atoms with Gasteiger partial charge < -0.3 is 19.3 Å². The van der Waals surface area contributed by atoms with Crippen molar-refractivity contribution in [1.29, 1.82) is 0 Å². The van der Waals surface area contributed by atoms with Crippen LogP contribution in [0.2, 0.25) is 5.02 Å². The largest absolute Gasteiger partial charge is 0.493 e. The Kier molecular flexibility index (Phi) is 6.68. The maximum Gasteiger partial charge on any atom is 0.225 e. The third kappa shape index (κ3) is 4.71.